The smallest absolute Gasteiger partial charge is 0.409 e. The summed E-state index contributed by atoms with van der Waals surface area (Å²) in [5.74, 6) is -0.347. The maximum atomic E-state index is 13.4. The molecule has 0 unspecified atom stereocenters. The topological polar surface area (TPSA) is 70.6 Å². The number of carbonyl (C=O) groups excluding carboxylic acids is 1. The molecule has 2 fully saturated rings. The molecular formula is C20H27FN4O3. The molecule has 0 spiro atoms. The number of aromatic amines is 1. The highest BCUT2D eigenvalue weighted by Gasteiger charge is 2.36. The number of likely N-dealkylation sites (tertiary alicyclic amines) is 2. The van der Waals surface area contributed by atoms with Crippen LogP contribution in [0.1, 0.15) is 32.2 Å². The van der Waals surface area contributed by atoms with Crippen molar-refractivity contribution < 1.29 is 13.9 Å². The number of carbonyl (C=O) groups is 1. The molecule has 1 N–H and O–H groups in total. The lowest BCUT2D eigenvalue weighted by Crippen LogP contribution is -2.46. The Hall–Kier alpha value is -2.35. The number of benzene rings is 1. The van der Waals surface area contributed by atoms with E-state index in [9.17, 15) is 14.0 Å². The summed E-state index contributed by atoms with van der Waals surface area (Å²) in [6, 6.07) is 4.53. The predicted molar refractivity (Wildman–Crippen MR) is 104 cm³/mol. The standard InChI is InChI=1S/C20H27FN4O3/c1-20(6-9-24(10-7-20)19(27)28-2)13-23-8-5-15(12-23)25-17-4-3-14(21)11-16(17)22-18(25)26/h3-4,11,15H,5-10,12-13H2,1-2H3,(H,22,26)/t15-/m1/s1. The van der Waals surface area contributed by atoms with Crippen LogP contribution in [0.2, 0.25) is 0 Å². The van der Waals surface area contributed by atoms with E-state index in [-0.39, 0.29) is 29.1 Å². The summed E-state index contributed by atoms with van der Waals surface area (Å²) in [7, 11) is 1.42. The Morgan fingerprint density at radius 2 is 2.07 bits per heavy atom. The number of aromatic nitrogens is 2. The SMILES string of the molecule is COC(=O)N1CCC(C)(CN2CC[C@@H](n3c(=O)[nH]c4cc(F)ccc43)C2)CC1. The largest absolute Gasteiger partial charge is 0.453 e. The third-order valence-corrected chi connectivity index (χ3v) is 6.30. The van der Waals surface area contributed by atoms with E-state index in [4.69, 9.17) is 4.74 Å². The highest BCUT2D eigenvalue weighted by molar-refractivity contribution is 5.75. The van der Waals surface area contributed by atoms with Crippen LogP contribution in [0.3, 0.4) is 0 Å². The van der Waals surface area contributed by atoms with Crippen molar-refractivity contribution in [3.63, 3.8) is 0 Å². The van der Waals surface area contributed by atoms with Crippen molar-refractivity contribution >= 4 is 17.1 Å². The Morgan fingerprint density at radius 3 is 2.79 bits per heavy atom. The number of fused-ring (bicyclic) bond motifs is 1. The Balaban J connectivity index is 1.42. The van der Waals surface area contributed by atoms with Crippen LogP contribution >= 0.6 is 0 Å². The molecule has 3 heterocycles. The fourth-order valence-electron chi connectivity index (χ4n) is 4.69. The van der Waals surface area contributed by atoms with Crippen molar-refractivity contribution in [2.75, 3.05) is 39.8 Å². The van der Waals surface area contributed by atoms with Gasteiger partial charge >= 0.3 is 11.8 Å². The monoisotopic (exact) mass is 390 g/mol. The molecule has 7 nitrogen and oxygen atoms in total. The molecule has 2 saturated heterocycles. The molecule has 1 aromatic heterocycles. The maximum Gasteiger partial charge on any atom is 0.409 e. The Labute approximate surface area is 163 Å². The number of ether oxygens (including phenoxy) is 1. The van der Waals surface area contributed by atoms with Crippen molar-refractivity contribution in [1.29, 1.82) is 0 Å². The number of hydrogen-bond acceptors (Lipinski definition) is 4. The van der Waals surface area contributed by atoms with E-state index in [1.807, 2.05) is 0 Å². The number of piperidine rings is 1. The molecule has 1 amide bonds. The van der Waals surface area contributed by atoms with Gasteiger partial charge in [0.2, 0.25) is 0 Å². The van der Waals surface area contributed by atoms with Crippen molar-refractivity contribution in [3.8, 4) is 0 Å². The number of H-pyrrole nitrogens is 1. The van der Waals surface area contributed by atoms with Crippen LogP contribution < -0.4 is 5.69 Å². The second-order valence-electron chi connectivity index (χ2n) is 8.41. The number of imidazole rings is 1. The first-order valence-corrected chi connectivity index (χ1v) is 9.83. The minimum Gasteiger partial charge on any atom is -0.453 e. The fraction of sp³-hybridized carbons (Fsp3) is 0.600. The minimum absolute atomic E-state index is 0.0884. The van der Waals surface area contributed by atoms with Gasteiger partial charge in [-0.2, -0.15) is 0 Å². The minimum atomic E-state index is -0.347. The van der Waals surface area contributed by atoms with E-state index in [1.54, 1.807) is 15.5 Å². The molecule has 0 saturated carbocycles. The number of nitrogens with zero attached hydrogens (tertiary/aromatic N) is 3. The first-order chi connectivity index (χ1) is 13.4. The number of rotatable bonds is 3. The summed E-state index contributed by atoms with van der Waals surface area (Å²) in [5, 5.41) is 0. The van der Waals surface area contributed by atoms with Gasteiger partial charge in [0.25, 0.3) is 0 Å². The van der Waals surface area contributed by atoms with Gasteiger partial charge in [0, 0.05) is 32.7 Å². The van der Waals surface area contributed by atoms with Gasteiger partial charge < -0.3 is 19.5 Å². The summed E-state index contributed by atoms with van der Waals surface area (Å²) in [6.45, 7) is 6.39. The number of nitrogens with one attached hydrogen (secondary N) is 1. The van der Waals surface area contributed by atoms with Crippen LogP contribution in [-0.2, 0) is 4.74 Å². The second-order valence-corrected chi connectivity index (χ2v) is 8.41. The van der Waals surface area contributed by atoms with E-state index in [1.165, 1.54) is 19.2 Å². The summed E-state index contributed by atoms with van der Waals surface area (Å²) in [6.07, 6.45) is 2.53. The van der Waals surface area contributed by atoms with Crippen molar-refractivity contribution in [2.24, 2.45) is 5.41 Å². The van der Waals surface area contributed by atoms with Gasteiger partial charge in [-0.25, -0.2) is 14.0 Å². The number of methoxy groups -OCH3 is 1. The van der Waals surface area contributed by atoms with E-state index < -0.39 is 0 Å². The molecular weight excluding hydrogens is 363 g/mol. The molecule has 8 heteroatoms. The molecule has 0 bridgehead atoms. The fourth-order valence-corrected chi connectivity index (χ4v) is 4.69. The Kier molecular flexibility index (Phi) is 4.91. The third-order valence-electron chi connectivity index (χ3n) is 6.30. The lowest BCUT2D eigenvalue weighted by atomic mass is 9.80. The van der Waals surface area contributed by atoms with Crippen LogP contribution in [0.4, 0.5) is 9.18 Å². The summed E-state index contributed by atoms with van der Waals surface area (Å²) in [4.78, 5) is 31.1. The zero-order valence-electron chi connectivity index (χ0n) is 16.4. The molecule has 4 rings (SSSR count). The molecule has 28 heavy (non-hydrogen) atoms. The zero-order chi connectivity index (χ0) is 19.9. The number of hydrogen-bond donors (Lipinski definition) is 1. The van der Waals surface area contributed by atoms with Crippen LogP contribution in [-0.4, -0.2) is 65.3 Å². The van der Waals surface area contributed by atoms with E-state index in [0.29, 0.717) is 18.6 Å². The summed E-state index contributed by atoms with van der Waals surface area (Å²) >= 11 is 0. The van der Waals surface area contributed by atoms with Gasteiger partial charge in [0.05, 0.1) is 24.2 Å². The normalized spacial score (nSPS) is 22.7. The molecule has 1 atom stereocenters. The average molecular weight is 390 g/mol. The number of halogens is 1. The van der Waals surface area contributed by atoms with E-state index >= 15 is 0 Å². The van der Waals surface area contributed by atoms with Gasteiger partial charge in [-0.1, -0.05) is 6.92 Å². The molecule has 0 aliphatic carbocycles. The lowest BCUT2D eigenvalue weighted by molar-refractivity contribution is 0.0673. The average Bonchev–Trinajstić information content (AvgIpc) is 3.23. The molecule has 152 valence electrons. The highest BCUT2D eigenvalue weighted by atomic mass is 19.1. The summed E-state index contributed by atoms with van der Waals surface area (Å²) in [5.41, 5.74) is 1.28. The first kappa shape index (κ1) is 19.0. The first-order valence-electron chi connectivity index (χ1n) is 9.83. The van der Waals surface area contributed by atoms with Crippen LogP contribution in [0.15, 0.2) is 23.0 Å². The molecule has 1 aromatic carbocycles. The molecule has 2 aliphatic rings. The molecule has 2 aliphatic heterocycles. The summed E-state index contributed by atoms with van der Waals surface area (Å²) < 4.78 is 20.0. The van der Waals surface area contributed by atoms with Crippen molar-refractivity contribution in [1.82, 2.24) is 19.4 Å². The van der Waals surface area contributed by atoms with Gasteiger partial charge in [-0.3, -0.25) is 4.57 Å². The number of amides is 1. The van der Waals surface area contributed by atoms with Crippen LogP contribution in [0, 0.1) is 11.2 Å². The predicted octanol–water partition coefficient (Wildman–Crippen LogP) is 2.58. The van der Waals surface area contributed by atoms with Gasteiger partial charge in [0.1, 0.15) is 5.82 Å². The van der Waals surface area contributed by atoms with Gasteiger partial charge in [-0.05, 0) is 42.9 Å². The van der Waals surface area contributed by atoms with E-state index in [2.05, 4.69) is 16.8 Å². The maximum absolute atomic E-state index is 13.4. The molecule has 0 radical (unpaired) electrons. The quantitative estimate of drug-likeness (QED) is 0.875. The van der Waals surface area contributed by atoms with Gasteiger partial charge in [-0.15, -0.1) is 0 Å². The Morgan fingerprint density at radius 1 is 1.32 bits per heavy atom. The highest BCUT2D eigenvalue weighted by Crippen LogP contribution is 2.34. The second kappa shape index (κ2) is 7.24. The zero-order valence-corrected chi connectivity index (χ0v) is 16.4. The molecule has 2 aromatic rings. The van der Waals surface area contributed by atoms with Crippen LogP contribution in [0.5, 0.6) is 0 Å². The van der Waals surface area contributed by atoms with Gasteiger partial charge in [0.15, 0.2) is 0 Å². The van der Waals surface area contributed by atoms with E-state index in [0.717, 1.165) is 44.4 Å². The van der Waals surface area contributed by atoms with Crippen molar-refractivity contribution in [3.05, 3.63) is 34.5 Å². The lowest BCUT2D eigenvalue weighted by Gasteiger charge is -2.41. The van der Waals surface area contributed by atoms with Crippen molar-refractivity contribution in [2.45, 2.75) is 32.2 Å². The van der Waals surface area contributed by atoms with Crippen LogP contribution in [0.25, 0.3) is 11.0 Å². The Bertz CT molecular complexity index is 929. The third kappa shape index (κ3) is 3.53.